The molecule has 0 saturated carbocycles. The van der Waals surface area contributed by atoms with E-state index in [0.717, 1.165) is 13.1 Å². The Balaban J connectivity index is 0.000000461. The number of hydrogen-bond acceptors (Lipinski definition) is 2. The maximum absolute atomic E-state index is 10.4. The minimum Gasteiger partial charge on any atom is -0.351 e. The Hall–Kier alpha value is -0.570. The highest BCUT2D eigenvalue weighted by Gasteiger charge is 2.22. The van der Waals surface area contributed by atoms with E-state index in [9.17, 15) is 4.79 Å². The fourth-order valence-corrected chi connectivity index (χ4v) is 1.08. The van der Waals surface area contributed by atoms with Gasteiger partial charge in [0.05, 0.1) is 6.04 Å². The normalized spacial score (nSPS) is 17.8. The van der Waals surface area contributed by atoms with Crippen molar-refractivity contribution in [3.05, 3.63) is 0 Å². The second-order valence-corrected chi connectivity index (χ2v) is 2.62. The number of nitrogens with one attached hydrogen (secondary N) is 1. The molecule has 0 atom stereocenters. The van der Waals surface area contributed by atoms with Crippen LogP contribution in [0.1, 0.15) is 20.8 Å². The smallest absolute Gasteiger partial charge is 0.217 e. The lowest BCUT2D eigenvalue weighted by Crippen LogP contribution is -2.57. The second kappa shape index (κ2) is 5.13. The van der Waals surface area contributed by atoms with Gasteiger partial charge in [-0.15, -0.1) is 0 Å². The fraction of sp³-hybridized carbons (Fsp3) is 0.875. The van der Waals surface area contributed by atoms with E-state index in [0.29, 0.717) is 6.04 Å². The van der Waals surface area contributed by atoms with Crippen LogP contribution in [0, 0.1) is 0 Å². The molecule has 0 aromatic rings. The molecule has 0 bridgehead atoms. The number of carbonyl (C=O) groups is 1. The van der Waals surface area contributed by atoms with E-state index in [-0.39, 0.29) is 5.91 Å². The first kappa shape index (κ1) is 10.4. The number of carbonyl (C=O) groups excluding carboxylic acids is 1. The van der Waals surface area contributed by atoms with Crippen LogP contribution in [-0.4, -0.2) is 37.0 Å². The molecule has 1 rings (SSSR count). The number of hydrogen-bond donors (Lipinski definition) is 1. The van der Waals surface area contributed by atoms with Crippen molar-refractivity contribution in [2.45, 2.75) is 26.8 Å². The third-order valence-electron chi connectivity index (χ3n) is 1.47. The van der Waals surface area contributed by atoms with Gasteiger partial charge >= 0.3 is 0 Å². The zero-order valence-corrected chi connectivity index (χ0v) is 7.85. The van der Waals surface area contributed by atoms with Crippen LogP contribution in [0.3, 0.4) is 0 Å². The number of rotatable bonds is 1. The highest BCUT2D eigenvalue weighted by atomic mass is 16.1. The second-order valence-electron chi connectivity index (χ2n) is 2.62. The molecule has 11 heavy (non-hydrogen) atoms. The van der Waals surface area contributed by atoms with Crippen molar-refractivity contribution in [2.75, 3.05) is 20.1 Å². The molecule has 66 valence electrons. The predicted molar refractivity (Wildman–Crippen MR) is 46.4 cm³/mol. The summed E-state index contributed by atoms with van der Waals surface area (Å²) in [5.74, 6) is 0.0769. The molecule has 0 aliphatic carbocycles. The van der Waals surface area contributed by atoms with E-state index in [1.807, 2.05) is 20.9 Å². The van der Waals surface area contributed by atoms with E-state index in [1.54, 1.807) is 6.92 Å². The third-order valence-corrected chi connectivity index (χ3v) is 1.47. The molecule has 1 fully saturated rings. The van der Waals surface area contributed by atoms with Gasteiger partial charge in [-0.3, -0.25) is 4.79 Å². The molecule has 3 heteroatoms. The van der Waals surface area contributed by atoms with Crippen molar-refractivity contribution >= 4 is 5.91 Å². The van der Waals surface area contributed by atoms with Gasteiger partial charge in [0.25, 0.3) is 0 Å². The van der Waals surface area contributed by atoms with E-state index >= 15 is 0 Å². The Morgan fingerprint density at radius 2 is 1.91 bits per heavy atom. The first-order valence-electron chi connectivity index (χ1n) is 4.14. The van der Waals surface area contributed by atoms with Gasteiger partial charge in [0.1, 0.15) is 0 Å². The summed E-state index contributed by atoms with van der Waals surface area (Å²) in [4.78, 5) is 12.6. The van der Waals surface area contributed by atoms with Gasteiger partial charge in [0.15, 0.2) is 0 Å². The highest BCUT2D eigenvalue weighted by Crippen LogP contribution is 2.02. The van der Waals surface area contributed by atoms with Gasteiger partial charge in [-0.1, -0.05) is 13.8 Å². The van der Waals surface area contributed by atoms with Crippen LogP contribution in [0.4, 0.5) is 0 Å². The molecule has 3 nitrogen and oxygen atoms in total. The highest BCUT2D eigenvalue weighted by molar-refractivity contribution is 5.73. The third kappa shape index (κ3) is 3.98. The van der Waals surface area contributed by atoms with E-state index < -0.39 is 0 Å². The van der Waals surface area contributed by atoms with Gasteiger partial charge < -0.3 is 10.2 Å². The molecule has 0 aromatic heterocycles. The lowest BCUT2D eigenvalue weighted by molar-refractivity contribution is -0.120. The SMILES string of the molecule is CC.CC(=O)NC1CN(C)C1. The Morgan fingerprint density at radius 3 is 2.18 bits per heavy atom. The van der Waals surface area contributed by atoms with Crippen molar-refractivity contribution in [3.8, 4) is 0 Å². The average Bonchev–Trinajstić information content (AvgIpc) is 1.88. The molecule has 0 aromatic carbocycles. The van der Waals surface area contributed by atoms with Gasteiger partial charge in [0, 0.05) is 20.0 Å². The summed E-state index contributed by atoms with van der Waals surface area (Å²) in [7, 11) is 2.04. The summed E-state index contributed by atoms with van der Waals surface area (Å²) in [5.41, 5.74) is 0. The number of nitrogens with zero attached hydrogens (tertiary/aromatic N) is 1. The fourth-order valence-electron chi connectivity index (χ4n) is 1.08. The maximum Gasteiger partial charge on any atom is 0.217 e. The van der Waals surface area contributed by atoms with Gasteiger partial charge in [-0.05, 0) is 7.05 Å². The summed E-state index contributed by atoms with van der Waals surface area (Å²) in [6.07, 6.45) is 0. The van der Waals surface area contributed by atoms with Crippen LogP contribution >= 0.6 is 0 Å². The molecular formula is C8H18N2O. The summed E-state index contributed by atoms with van der Waals surface area (Å²) in [6, 6.07) is 0.410. The van der Waals surface area contributed by atoms with Crippen LogP contribution < -0.4 is 5.32 Å². The number of likely N-dealkylation sites (N-methyl/N-ethyl adjacent to an activating group) is 1. The largest absolute Gasteiger partial charge is 0.351 e. The first-order chi connectivity index (χ1) is 5.18. The molecule has 1 aliphatic rings. The Kier molecular flexibility index (Phi) is 4.86. The zero-order chi connectivity index (χ0) is 8.85. The summed E-state index contributed by atoms with van der Waals surface area (Å²) in [5, 5.41) is 2.83. The van der Waals surface area contributed by atoms with Crippen LogP contribution in [0.25, 0.3) is 0 Å². The zero-order valence-electron chi connectivity index (χ0n) is 7.85. The first-order valence-corrected chi connectivity index (χ1v) is 4.14. The minimum atomic E-state index is 0.0769. The molecule has 1 heterocycles. The summed E-state index contributed by atoms with van der Waals surface area (Å²) in [6.45, 7) is 7.55. The monoisotopic (exact) mass is 158 g/mol. The molecule has 1 saturated heterocycles. The summed E-state index contributed by atoms with van der Waals surface area (Å²) >= 11 is 0. The van der Waals surface area contributed by atoms with Crippen LogP contribution in [0.5, 0.6) is 0 Å². The van der Waals surface area contributed by atoms with Crippen molar-refractivity contribution in [1.82, 2.24) is 10.2 Å². The lowest BCUT2D eigenvalue weighted by Gasteiger charge is -2.36. The van der Waals surface area contributed by atoms with Crippen molar-refractivity contribution in [1.29, 1.82) is 0 Å². The Bertz CT molecular complexity index is 119. The Morgan fingerprint density at radius 1 is 1.45 bits per heavy atom. The van der Waals surface area contributed by atoms with Crippen molar-refractivity contribution in [3.63, 3.8) is 0 Å². The van der Waals surface area contributed by atoms with E-state index in [2.05, 4.69) is 10.2 Å². The molecule has 1 amide bonds. The van der Waals surface area contributed by atoms with Crippen LogP contribution in [-0.2, 0) is 4.79 Å². The molecule has 0 unspecified atom stereocenters. The number of amides is 1. The van der Waals surface area contributed by atoms with Gasteiger partial charge in [0.2, 0.25) is 5.91 Å². The van der Waals surface area contributed by atoms with Crippen molar-refractivity contribution < 1.29 is 4.79 Å². The molecule has 0 radical (unpaired) electrons. The average molecular weight is 158 g/mol. The Labute approximate surface area is 68.8 Å². The van der Waals surface area contributed by atoms with Crippen molar-refractivity contribution in [2.24, 2.45) is 0 Å². The topological polar surface area (TPSA) is 32.3 Å². The maximum atomic E-state index is 10.4. The standard InChI is InChI=1S/C6H12N2O.C2H6/c1-5(9)7-6-3-8(2)4-6;1-2/h6H,3-4H2,1-2H3,(H,7,9);1-2H3. The minimum absolute atomic E-state index is 0.0769. The molecule has 1 aliphatic heterocycles. The van der Waals surface area contributed by atoms with Crippen LogP contribution in [0.2, 0.25) is 0 Å². The predicted octanol–water partition coefficient (Wildman–Crippen LogP) is 0.463. The molecular weight excluding hydrogens is 140 g/mol. The quantitative estimate of drug-likeness (QED) is 0.601. The summed E-state index contributed by atoms with van der Waals surface area (Å²) < 4.78 is 0. The van der Waals surface area contributed by atoms with Crippen LogP contribution in [0.15, 0.2) is 0 Å². The van der Waals surface area contributed by atoms with E-state index in [4.69, 9.17) is 0 Å². The van der Waals surface area contributed by atoms with Gasteiger partial charge in [-0.2, -0.15) is 0 Å². The lowest BCUT2D eigenvalue weighted by atomic mass is 10.1. The molecule has 1 N–H and O–H groups in total. The van der Waals surface area contributed by atoms with E-state index in [1.165, 1.54) is 0 Å². The molecule has 0 spiro atoms. The number of likely N-dealkylation sites (tertiary alicyclic amines) is 1. The van der Waals surface area contributed by atoms with Gasteiger partial charge in [-0.25, -0.2) is 0 Å².